The molecular weight excluding hydrogens is 1280 g/mol. The smallest absolute Gasteiger partial charge is 0.462 e. The molecule has 3 N–H and O–H groups in total. The summed E-state index contributed by atoms with van der Waals surface area (Å²) in [5, 5.41) is 10.6. The zero-order valence-corrected chi connectivity index (χ0v) is 64.0. The van der Waals surface area contributed by atoms with Gasteiger partial charge < -0.3 is 33.8 Å². The maximum absolute atomic E-state index is 13.1. The lowest BCUT2D eigenvalue weighted by molar-refractivity contribution is -0.161. The summed E-state index contributed by atoms with van der Waals surface area (Å²) >= 11 is 0. The van der Waals surface area contributed by atoms with Crippen molar-refractivity contribution >= 4 is 39.5 Å². The van der Waals surface area contributed by atoms with Gasteiger partial charge in [-0.15, -0.1) is 0 Å². The van der Waals surface area contributed by atoms with Crippen molar-refractivity contribution < 1.29 is 80.2 Å². The Morgan fingerprint density at radius 3 is 0.867 bits per heavy atom. The zero-order chi connectivity index (χ0) is 71.8. The number of allylic oxidation sites excluding steroid dienone is 12. The maximum Gasteiger partial charge on any atom is 0.472 e. The van der Waals surface area contributed by atoms with Gasteiger partial charge in [0.25, 0.3) is 0 Å². The molecule has 17 nitrogen and oxygen atoms in total. The van der Waals surface area contributed by atoms with Gasteiger partial charge in [-0.05, 0) is 89.9 Å². The monoisotopic (exact) mass is 1420 g/mol. The van der Waals surface area contributed by atoms with Gasteiger partial charge in [0.05, 0.1) is 26.4 Å². The van der Waals surface area contributed by atoms with Crippen molar-refractivity contribution in [1.29, 1.82) is 0 Å². The molecule has 0 aromatic heterocycles. The first kappa shape index (κ1) is 94.5. The van der Waals surface area contributed by atoms with Gasteiger partial charge >= 0.3 is 39.5 Å². The van der Waals surface area contributed by atoms with Gasteiger partial charge in [-0.1, -0.05) is 306 Å². The minimum absolute atomic E-state index is 0.0869. The Kier molecular flexibility index (Phi) is 69.3. The Morgan fingerprint density at radius 1 is 0.296 bits per heavy atom. The van der Waals surface area contributed by atoms with Crippen LogP contribution < -0.4 is 0 Å². The second kappa shape index (κ2) is 71.9. The molecule has 0 saturated heterocycles. The van der Waals surface area contributed by atoms with E-state index in [1.165, 1.54) is 141 Å². The highest BCUT2D eigenvalue weighted by Gasteiger charge is 2.30. The quantitative estimate of drug-likeness (QED) is 0.0169. The van der Waals surface area contributed by atoms with E-state index < -0.39 is 97.5 Å². The predicted octanol–water partition coefficient (Wildman–Crippen LogP) is 22.4. The number of carbonyl (C=O) groups is 4. The van der Waals surface area contributed by atoms with Crippen LogP contribution in [0.1, 0.15) is 349 Å². The Bertz CT molecular complexity index is 2140. The van der Waals surface area contributed by atoms with Crippen molar-refractivity contribution in [3.63, 3.8) is 0 Å². The van der Waals surface area contributed by atoms with Crippen molar-refractivity contribution in [2.75, 3.05) is 39.6 Å². The molecule has 0 aromatic rings. The molecule has 0 amide bonds. The lowest BCUT2D eigenvalue weighted by Gasteiger charge is -2.21. The molecule has 0 aliphatic rings. The zero-order valence-electron chi connectivity index (χ0n) is 62.2. The van der Waals surface area contributed by atoms with E-state index >= 15 is 0 Å². The molecule has 0 radical (unpaired) electrons. The molecule has 5 unspecified atom stereocenters. The van der Waals surface area contributed by atoms with Crippen molar-refractivity contribution in [1.82, 2.24) is 0 Å². The SMILES string of the molecule is CC/C=C\C/C=C\C/C=C\C/C=C\C/C=C\CCCC(=O)OCC(COP(=O)(O)OCC(O)COP(=O)(O)OCC(COC(=O)CCCCCCC/C=C\CCCCCCCC)OC(=O)CCCCCCCCCCCCCCC)OC(=O)CCCCCCCCCCCCCCC. The number of rotatable bonds is 74. The van der Waals surface area contributed by atoms with Gasteiger partial charge in [-0.2, -0.15) is 0 Å². The Hall–Kier alpha value is -3.50. The fraction of sp³-hybridized carbons (Fsp3) is 0.797. The van der Waals surface area contributed by atoms with E-state index in [0.29, 0.717) is 32.1 Å². The second-order valence-corrected chi connectivity index (χ2v) is 29.2. The summed E-state index contributed by atoms with van der Waals surface area (Å²) in [4.78, 5) is 72.9. The van der Waals surface area contributed by atoms with Crippen LogP contribution in [0.3, 0.4) is 0 Å². The van der Waals surface area contributed by atoms with Crippen LogP contribution in [0.25, 0.3) is 0 Å². The van der Waals surface area contributed by atoms with E-state index in [1.54, 1.807) is 0 Å². The number of phosphoric acid groups is 2. The number of hydrogen-bond acceptors (Lipinski definition) is 15. The highest BCUT2D eigenvalue weighted by molar-refractivity contribution is 7.47. The van der Waals surface area contributed by atoms with E-state index in [0.717, 1.165) is 122 Å². The average molecular weight is 1430 g/mol. The van der Waals surface area contributed by atoms with Gasteiger partial charge in [0.15, 0.2) is 12.2 Å². The maximum atomic E-state index is 13.1. The summed E-state index contributed by atoms with van der Waals surface area (Å²) < 4.78 is 68.5. The van der Waals surface area contributed by atoms with Crippen LogP contribution >= 0.6 is 15.6 Å². The first-order chi connectivity index (χ1) is 47.7. The van der Waals surface area contributed by atoms with Crippen molar-refractivity contribution in [3.8, 4) is 0 Å². The largest absolute Gasteiger partial charge is 0.472 e. The average Bonchev–Trinajstić information content (AvgIpc) is 0.969. The fourth-order valence-corrected chi connectivity index (χ4v) is 12.3. The molecule has 0 fully saturated rings. The Morgan fingerprint density at radius 2 is 0.541 bits per heavy atom. The molecule has 0 rings (SSSR count). The molecule has 0 saturated carbocycles. The summed E-state index contributed by atoms with van der Waals surface area (Å²) in [5.74, 6) is -2.22. The normalized spacial score (nSPS) is 14.3. The van der Waals surface area contributed by atoms with Crippen LogP contribution in [-0.2, 0) is 65.4 Å². The summed E-state index contributed by atoms with van der Waals surface area (Å²) in [6.45, 7) is 4.74. The molecule has 0 aliphatic heterocycles. The third-order valence-electron chi connectivity index (χ3n) is 16.7. The molecule has 0 heterocycles. The molecule has 5 atom stereocenters. The number of ether oxygens (including phenoxy) is 4. The molecule has 570 valence electrons. The molecule has 0 aromatic carbocycles. The van der Waals surface area contributed by atoms with E-state index in [4.69, 9.17) is 37.0 Å². The van der Waals surface area contributed by atoms with E-state index in [2.05, 4.69) is 88.5 Å². The van der Waals surface area contributed by atoms with Crippen LogP contribution in [0.5, 0.6) is 0 Å². The second-order valence-electron chi connectivity index (χ2n) is 26.3. The minimum atomic E-state index is -4.98. The molecular formula is C79H142O17P2. The number of aliphatic hydroxyl groups excluding tert-OH is 1. The molecule has 98 heavy (non-hydrogen) atoms. The Labute approximate surface area is 596 Å². The van der Waals surface area contributed by atoms with Crippen LogP contribution in [-0.4, -0.2) is 96.7 Å². The first-order valence-corrected chi connectivity index (χ1v) is 42.2. The first-order valence-electron chi connectivity index (χ1n) is 39.2. The lowest BCUT2D eigenvalue weighted by Crippen LogP contribution is -2.30. The number of aliphatic hydroxyl groups is 1. The molecule has 0 bridgehead atoms. The molecule has 0 spiro atoms. The van der Waals surface area contributed by atoms with Crippen LogP contribution in [0.2, 0.25) is 0 Å². The molecule has 19 heteroatoms. The lowest BCUT2D eigenvalue weighted by atomic mass is 10.0. The highest BCUT2D eigenvalue weighted by Crippen LogP contribution is 2.45. The number of carbonyl (C=O) groups excluding carboxylic acids is 4. The summed E-state index contributed by atoms with van der Waals surface area (Å²) in [6.07, 6.45) is 71.8. The van der Waals surface area contributed by atoms with Gasteiger partial charge in [0.1, 0.15) is 19.3 Å². The van der Waals surface area contributed by atoms with Gasteiger partial charge in [0, 0.05) is 25.7 Å². The standard InChI is InChI=1S/C79H142O17P2/c1-5-9-13-17-21-25-29-33-35-36-38-42-44-48-52-56-60-64-77(82)90-70-75(96-79(84)66-62-58-54-50-46-40-32-28-24-20-16-12-8-4)72-94-98(87,88)92-68-73(80)67-91-97(85,86)93-71-74(95-78(83)65-61-57-53-49-45-39-31-27-23-19-15-11-7-3)69-89-76(81)63-59-55-51-47-43-41-37-34-30-26-22-18-14-10-6-2/h9,13,21,25,33-35,37-38,42,48,52,73-75,80H,5-8,10-12,14-20,22-24,26-32,36,39-41,43-47,49-51,53-72H2,1-4H3,(H,85,86)(H,87,88)/b13-9-,25-21-,35-33-,37-34-,42-38-,52-48-. The summed E-state index contributed by atoms with van der Waals surface area (Å²) in [5.41, 5.74) is 0. The van der Waals surface area contributed by atoms with Crippen LogP contribution in [0.15, 0.2) is 72.9 Å². The van der Waals surface area contributed by atoms with Gasteiger partial charge in [0.2, 0.25) is 0 Å². The van der Waals surface area contributed by atoms with Crippen LogP contribution in [0.4, 0.5) is 0 Å². The minimum Gasteiger partial charge on any atom is -0.462 e. The van der Waals surface area contributed by atoms with Crippen molar-refractivity contribution in [3.05, 3.63) is 72.9 Å². The summed E-state index contributed by atoms with van der Waals surface area (Å²) in [7, 11) is -9.95. The highest BCUT2D eigenvalue weighted by atomic mass is 31.2. The third kappa shape index (κ3) is 70.9. The Balaban J connectivity index is 5.36. The van der Waals surface area contributed by atoms with Gasteiger partial charge in [-0.3, -0.25) is 37.3 Å². The van der Waals surface area contributed by atoms with E-state index in [-0.39, 0.29) is 25.7 Å². The molecule has 0 aliphatic carbocycles. The van der Waals surface area contributed by atoms with Gasteiger partial charge in [-0.25, -0.2) is 9.13 Å². The third-order valence-corrected chi connectivity index (χ3v) is 18.6. The number of unbranched alkanes of at least 4 members (excludes halogenated alkanes) is 36. The number of esters is 4. The van der Waals surface area contributed by atoms with Crippen molar-refractivity contribution in [2.24, 2.45) is 0 Å². The topological polar surface area (TPSA) is 237 Å². The predicted molar refractivity (Wildman–Crippen MR) is 400 cm³/mol. The van der Waals surface area contributed by atoms with E-state index in [9.17, 15) is 43.2 Å². The van der Waals surface area contributed by atoms with Crippen LogP contribution in [0, 0.1) is 0 Å². The summed E-state index contributed by atoms with van der Waals surface area (Å²) in [6, 6.07) is 0. The van der Waals surface area contributed by atoms with Crippen molar-refractivity contribution in [2.45, 2.75) is 367 Å². The van der Waals surface area contributed by atoms with E-state index in [1.807, 2.05) is 12.2 Å². The number of phosphoric ester groups is 2. The fourth-order valence-electron chi connectivity index (χ4n) is 10.7. The number of hydrogen-bond donors (Lipinski definition) is 3.